The van der Waals surface area contributed by atoms with Crippen molar-refractivity contribution in [2.75, 3.05) is 18.9 Å². The molecule has 3 rings (SSSR count). The monoisotopic (exact) mass is 487 g/mol. The van der Waals surface area contributed by atoms with Crippen LogP contribution in [-0.4, -0.2) is 91.7 Å². The number of aliphatic hydroxyl groups excluding tert-OH is 3. The number of rotatable bonds is 10. The molecule has 32 heavy (non-hydrogen) atoms. The summed E-state index contributed by atoms with van der Waals surface area (Å²) in [5.41, 5.74) is 0.0474. The maximum Gasteiger partial charge on any atom is 0.353 e. The Morgan fingerprint density at radius 2 is 2.09 bits per heavy atom. The molecule has 2 saturated heterocycles. The Bertz CT molecular complexity index is 819. The lowest BCUT2D eigenvalue weighted by atomic mass is 9.79. The third-order valence-corrected chi connectivity index (χ3v) is 8.32. The number of carboxylic acid groups (broad SMARTS) is 1. The van der Waals surface area contributed by atoms with Gasteiger partial charge in [-0.2, -0.15) is 0 Å². The molecule has 0 aromatic rings. The minimum atomic E-state index is -1.29. The van der Waals surface area contributed by atoms with Gasteiger partial charge in [-0.15, -0.1) is 23.5 Å². The van der Waals surface area contributed by atoms with Gasteiger partial charge in [0.15, 0.2) is 0 Å². The van der Waals surface area contributed by atoms with E-state index in [0.717, 1.165) is 6.42 Å². The van der Waals surface area contributed by atoms with Gasteiger partial charge in [0, 0.05) is 40.5 Å². The molecule has 2 unspecified atom stereocenters. The van der Waals surface area contributed by atoms with Crippen molar-refractivity contribution in [2.24, 2.45) is 11.8 Å². The Kier molecular flexibility index (Phi) is 8.28. The summed E-state index contributed by atoms with van der Waals surface area (Å²) in [6.07, 6.45) is -0.00805. The molecule has 2 amide bonds. The Morgan fingerprint density at radius 1 is 1.38 bits per heavy atom. The van der Waals surface area contributed by atoms with E-state index in [0.29, 0.717) is 17.2 Å². The van der Waals surface area contributed by atoms with Gasteiger partial charge in [-0.1, -0.05) is 6.92 Å². The average molecular weight is 488 g/mol. The number of hydrogen-bond donors (Lipinski definition) is 6. The minimum Gasteiger partial charge on any atom is -0.477 e. The average Bonchev–Trinajstić information content (AvgIpc) is 3.26. The summed E-state index contributed by atoms with van der Waals surface area (Å²) in [6, 6.07) is -0.125. The van der Waals surface area contributed by atoms with Crippen molar-refractivity contribution in [3.8, 4) is 0 Å². The van der Waals surface area contributed by atoms with Crippen LogP contribution < -0.4 is 10.6 Å². The number of hydrogen-bond acceptors (Lipinski definition) is 9. The lowest BCUT2D eigenvalue weighted by Gasteiger charge is -2.46. The van der Waals surface area contributed by atoms with E-state index in [1.807, 2.05) is 6.92 Å². The van der Waals surface area contributed by atoms with E-state index in [1.54, 1.807) is 12.3 Å². The first-order valence-electron chi connectivity index (χ1n) is 10.4. The molecule has 178 valence electrons. The van der Waals surface area contributed by atoms with Crippen LogP contribution in [0.3, 0.4) is 0 Å². The number of thioether (sulfide) groups is 2. The Balaban J connectivity index is 1.53. The molecule has 12 heteroatoms. The molecule has 0 saturated carbocycles. The molecule has 6 N–H and O–H groups in total. The first kappa shape index (κ1) is 25.1. The first-order chi connectivity index (χ1) is 15.1. The number of carbonyl (C=O) groups excluding carboxylic acids is 2. The maximum absolute atomic E-state index is 12.4. The molecule has 0 bridgehead atoms. The zero-order chi connectivity index (χ0) is 23.6. The van der Waals surface area contributed by atoms with E-state index in [1.165, 1.54) is 34.5 Å². The number of carbonyl (C=O) groups is 3. The summed E-state index contributed by atoms with van der Waals surface area (Å²) in [7, 11) is 0. The number of aliphatic hydroxyl groups is 3. The van der Waals surface area contributed by atoms with Crippen LogP contribution in [0.15, 0.2) is 22.1 Å². The molecule has 3 aliphatic heterocycles. The van der Waals surface area contributed by atoms with Crippen molar-refractivity contribution >= 4 is 41.3 Å². The molecule has 0 spiro atoms. The van der Waals surface area contributed by atoms with Gasteiger partial charge >= 0.3 is 5.97 Å². The van der Waals surface area contributed by atoms with Gasteiger partial charge in [0.05, 0.1) is 24.7 Å². The number of nitrogens with zero attached hydrogens (tertiary/aromatic N) is 1. The van der Waals surface area contributed by atoms with Gasteiger partial charge < -0.3 is 36.0 Å². The summed E-state index contributed by atoms with van der Waals surface area (Å²) in [4.78, 5) is 37.9. The molecule has 7 atom stereocenters. The van der Waals surface area contributed by atoms with Crippen molar-refractivity contribution in [3.05, 3.63) is 22.1 Å². The Morgan fingerprint density at radius 3 is 2.72 bits per heavy atom. The van der Waals surface area contributed by atoms with Gasteiger partial charge in [0.1, 0.15) is 11.9 Å². The van der Waals surface area contributed by atoms with Crippen LogP contribution in [0.4, 0.5) is 0 Å². The molecule has 3 heterocycles. The number of β-lactam (4-membered cyclic amide) rings is 1. The van der Waals surface area contributed by atoms with E-state index in [2.05, 4.69) is 10.6 Å². The van der Waals surface area contributed by atoms with E-state index in [9.17, 15) is 24.6 Å². The SMILES string of the molecule is C[C@H]1C(S[C@@H]2CN[C@H](CS/C=C/C(=O)NC(O)CO)C2)=C(C(=O)O)N2C(=O)[C@H]([C@@H](C)O)C12. The number of nitrogens with one attached hydrogen (secondary N) is 2. The van der Waals surface area contributed by atoms with E-state index in [4.69, 9.17) is 10.2 Å². The highest BCUT2D eigenvalue weighted by Gasteiger charge is 2.60. The second-order valence-electron chi connectivity index (χ2n) is 8.20. The van der Waals surface area contributed by atoms with E-state index < -0.39 is 36.7 Å². The standard InChI is InChI=1S/C20H29N3O7S2/c1-9-16-15(10(2)25)19(28)23(16)17(20(29)30)18(9)32-12-5-11(21-6-12)8-31-4-3-13(26)22-14(27)7-24/h3-4,9-12,14-16,21,24-25,27H,5-8H2,1-2H3,(H,22,26)(H,29,30)/b4-3+/t9-,10-,11+,12+,14?,15-,16?/m1/s1. The fourth-order valence-corrected chi connectivity index (χ4v) is 6.73. The number of aliphatic carboxylic acids is 1. The molecule has 2 fully saturated rings. The smallest absolute Gasteiger partial charge is 0.353 e. The molecular weight excluding hydrogens is 458 g/mol. The lowest BCUT2D eigenvalue weighted by molar-refractivity contribution is -0.163. The zero-order valence-electron chi connectivity index (χ0n) is 17.8. The lowest BCUT2D eigenvalue weighted by Crippen LogP contribution is -2.63. The van der Waals surface area contributed by atoms with Crippen LogP contribution in [-0.2, 0) is 14.4 Å². The summed E-state index contributed by atoms with van der Waals surface area (Å²) >= 11 is 2.93. The van der Waals surface area contributed by atoms with Crippen LogP contribution in [0.1, 0.15) is 20.3 Å². The van der Waals surface area contributed by atoms with Crippen molar-refractivity contribution in [2.45, 2.75) is 49.9 Å². The Hall–Kier alpha value is -1.57. The molecule has 0 aromatic carbocycles. The Labute approximate surface area is 194 Å². The quantitative estimate of drug-likeness (QED) is 0.132. The van der Waals surface area contributed by atoms with Gasteiger partial charge in [-0.05, 0) is 18.8 Å². The van der Waals surface area contributed by atoms with Gasteiger partial charge in [-0.25, -0.2) is 4.79 Å². The molecule has 3 aliphatic rings. The van der Waals surface area contributed by atoms with Crippen molar-refractivity contribution in [1.82, 2.24) is 15.5 Å². The normalized spacial score (nSPS) is 31.6. The molecule has 0 aliphatic carbocycles. The third-order valence-electron chi connectivity index (χ3n) is 5.88. The summed E-state index contributed by atoms with van der Waals surface area (Å²) in [5, 5.41) is 44.9. The molecule has 0 radical (unpaired) electrons. The number of fused-ring (bicyclic) bond motifs is 1. The highest BCUT2D eigenvalue weighted by Crippen LogP contribution is 2.51. The summed E-state index contributed by atoms with van der Waals surface area (Å²) in [6.45, 7) is 3.62. The van der Waals surface area contributed by atoms with Crippen molar-refractivity contribution in [3.63, 3.8) is 0 Å². The molecular formula is C20H29N3O7S2. The predicted octanol–water partition coefficient (Wildman–Crippen LogP) is -0.722. The van der Waals surface area contributed by atoms with Gasteiger partial charge in [0.25, 0.3) is 0 Å². The largest absolute Gasteiger partial charge is 0.477 e. The van der Waals surface area contributed by atoms with Gasteiger partial charge in [-0.3, -0.25) is 9.59 Å². The van der Waals surface area contributed by atoms with Crippen LogP contribution in [0.25, 0.3) is 0 Å². The zero-order valence-corrected chi connectivity index (χ0v) is 19.4. The van der Waals surface area contributed by atoms with E-state index in [-0.39, 0.29) is 34.9 Å². The topological polar surface area (TPSA) is 159 Å². The predicted molar refractivity (Wildman–Crippen MR) is 120 cm³/mol. The fraction of sp³-hybridized carbons (Fsp3) is 0.650. The van der Waals surface area contributed by atoms with Crippen molar-refractivity contribution in [1.29, 1.82) is 0 Å². The van der Waals surface area contributed by atoms with Gasteiger partial charge in [0.2, 0.25) is 11.8 Å². The second-order valence-corrected chi connectivity index (χ2v) is 10.5. The minimum absolute atomic E-state index is 0.0474. The van der Waals surface area contributed by atoms with Crippen LogP contribution >= 0.6 is 23.5 Å². The highest BCUT2D eigenvalue weighted by atomic mass is 32.2. The van der Waals surface area contributed by atoms with Crippen LogP contribution in [0.5, 0.6) is 0 Å². The number of carboxylic acids is 1. The highest BCUT2D eigenvalue weighted by molar-refractivity contribution is 8.03. The molecule has 0 aromatic heterocycles. The first-order valence-corrected chi connectivity index (χ1v) is 12.3. The molecule has 10 nitrogen and oxygen atoms in total. The van der Waals surface area contributed by atoms with Crippen molar-refractivity contribution < 1.29 is 34.8 Å². The fourth-order valence-electron chi connectivity index (χ4n) is 4.40. The summed E-state index contributed by atoms with van der Waals surface area (Å²) in [5.74, 6) is -1.94. The second kappa shape index (κ2) is 10.6. The number of amides is 2. The van der Waals surface area contributed by atoms with Crippen LogP contribution in [0, 0.1) is 11.8 Å². The maximum atomic E-state index is 12.4. The van der Waals surface area contributed by atoms with E-state index >= 15 is 0 Å². The summed E-state index contributed by atoms with van der Waals surface area (Å²) < 4.78 is 0. The van der Waals surface area contributed by atoms with Crippen LogP contribution in [0.2, 0.25) is 0 Å². The third kappa shape index (κ3) is 5.15.